The summed E-state index contributed by atoms with van der Waals surface area (Å²) < 4.78 is 53.8. The second-order valence-corrected chi connectivity index (χ2v) is 7.31. The minimum absolute atomic E-state index is 0.167. The van der Waals surface area contributed by atoms with Crippen molar-refractivity contribution in [2.24, 2.45) is 0 Å². The second kappa shape index (κ2) is 9.90. The van der Waals surface area contributed by atoms with Gasteiger partial charge in [0, 0.05) is 46.6 Å². The van der Waals surface area contributed by atoms with E-state index < -0.39 is 54.7 Å². The Morgan fingerprint density at radius 3 is 2.10 bits per heavy atom. The zero-order chi connectivity index (χ0) is 22.6. The van der Waals surface area contributed by atoms with Gasteiger partial charge in [0.25, 0.3) is 0 Å². The molecular weight excluding hydrogens is 415 g/mol. The van der Waals surface area contributed by atoms with Gasteiger partial charge in [-0.05, 0) is 7.05 Å². The summed E-state index contributed by atoms with van der Waals surface area (Å²) in [6.07, 6.45) is -11.1. The number of nitrogens with one attached hydrogen (secondary N) is 1. The Kier molecular flexibility index (Phi) is 8.02. The number of carbonyl (C=O) groups excluding carboxylic acids is 3. The molecule has 2 rings (SSSR count). The van der Waals surface area contributed by atoms with Crippen molar-refractivity contribution in [2.75, 3.05) is 39.8 Å². The number of esters is 2. The summed E-state index contributed by atoms with van der Waals surface area (Å²) in [4.78, 5) is 38.7. The molecule has 1 amide bonds. The highest BCUT2D eigenvalue weighted by molar-refractivity contribution is 5.82. The second-order valence-electron chi connectivity index (χ2n) is 7.31. The van der Waals surface area contributed by atoms with E-state index in [2.05, 4.69) is 4.90 Å². The number of aliphatic hydroxyl groups excluding tert-OH is 1. The highest BCUT2D eigenvalue weighted by Gasteiger charge is 2.52. The van der Waals surface area contributed by atoms with E-state index in [4.69, 9.17) is 14.2 Å². The summed E-state index contributed by atoms with van der Waals surface area (Å²) in [5, 5.41) is 11.9. The van der Waals surface area contributed by atoms with Crippen molar-refractivity contribution in [3.05, 3.63) is 0 Å². The van der Waals surface area contributed by atoms with E-state index in [-0.39, 0.29) is 6.54 Å². The van der Waals surface area contributed by atoms with Crippen molar-refractivity contribution in [1.29, 1.82) is 0 Å². The molecule has 2 aliphatic heterocycles. The topological polar surface area (TPSA) is 118 Å². The number of piperazine rings is 1. The van der Waals surface area contributed by atoms with Crippen LogP contribution in [-0.2, 0) is 28.6 Å². The zero-order valence-corrected chi connectivity index (χ0v) is 16.8. The van der Waals surface area contributed by atoms with Crippen LogP contribution in [0.25, 0.3) is 0 Å². The van der Waals surface area contributed by atoms with E-state index in [0.29, 0.717) is 13.1 Å². The normalized spacial score (nSPS) is 31.1. The molecule has 0 aromatic carbocycles. The van der Waals surface area contributed by atoms with Gasteiger partial charge >= 0.3 is 24.0 Å². The lowest BCUT2D eigenvalue weighted by atomic mass is 9.95. The smallest absolute Gasteiger partial charge is 0.456 e. The molecule has 10 nitrogen and oxygen atoms in total. The fourth-order valence-electron chi connectivity index (χ4n) is 3.40. The zero-order valence-electron chi connectivity index (χ0n) is 16.8. The first-order valence-electron chi connectivity index (χ1n) is 9.35. The molecule has 2 N–H and O–H groups in total. The number of hydrogen-bond acceptors (Lipinski definition) is 9. The van der Waals surface area contributed by atoms with Crippen molar-refractivity contribution in [1.82, 2.24) is 15.1 Å². The van der Waals surface area contributed by atoms with E-state index in [0.717, 1.165) is 26.9 Å². The Morgan fingerprint density at radius 2 is 1.60 bits per heavy atom. The lowest BCUT2D eigenvalue weighted by Crippen LogP contribution is -2.68. The number of alkyl halides is 3. The van der Waals surface area contributed by atoms with Crippen molar-refractivity contribution in [3.63, 3.8) is 0 Å². The van der Waals surface area contributed by atoms with Crippen molar-refractivity contribution < 1.29 is 46.9 Å². The van der Waals surface area contributed by atoms with E-state index in [1.165, 1.54) is 0 Å². The molecule has 0 aromatic rings. The average molecular weight is 441 g/mol. The molecule has 2 aliphatic rings. The van der Waals surface area contributed by atoms with E-state index >= 15 is 0 Å². The van der Waals surface area contributed by atoms with Crippen LogP contribution in [0.15, 0.2) is 0 Å². The van der Waals surface area contributed by atoms with Gasteiger partial charge in [-0.3, -0.25) is 19.3 Å². The highest BCUT2D eigenvalue weighted by Crippen LogP contribution is 2.27. The Labute approximate surface area is 171 Å². The third-order valence-electron chi connectivity index (χ3n) is 4.86. The standard InChI is InChI=1S/C17H26F3N3O7/c1-9(24)28-13-11(8-23-6-4-22(3)5-7-23)30-15(26)12(14(13)29-10(2)25)21-16(27)17(18,19)20/h11-15,26H,4-8H2,1-3H3,(H,21,27)/t11-,12-,13-,14-,15-/m1/s1. The summed E-state index contributed by atoms with van der Waals surface area (Å²) in [5.74, 6) is -4.04. The van der Waals surface area contributed by atoms with E-state index in [1.807, 2.05) is 11.9 Å². The van der Waals surface area contributed by atoms with Crippen molar-refractivity contribution in [3.8, 4) is 0 Å². The predicted molar refractivity (Wildman–Crippen MR) is 93.9 cm³/mol. The van der Waals surface area contributed by atoms with Crippen LogP contribution in [0.1, 0.15) is 13.8 Å². The van der Waals surface area contributed by atoms with Gasteiger partial charge in [-0.1, -0.05) is 0 Å². The van der Waals surface area contributed by atoms with Gasteiger partial charge in [-0.2, -0.15) is 13.2 Å². The van der Waals surface area contributed by atoms with Gasteiger partial charge in [0.15, 0.2) is 18.5 Å². The minimum atomic E-state index is -5.24. The van der Waals surface area contributed by atoms with Crippen LogP contribution in [0.4, 0.5) is 13.2 Å². The molecule has 0 spiro atoms. The Hall–Kier alpha value is -1.96. The largest absolute Gasteiger partial charge is 0.471 e. The first kappa shape index (κ1) is 24.3. The molecule has 2 fully saturated rings. The van der Waals surface area contributed by atoms with Crippen molar-refractivity contribution in [2.45, 2.75) is 50.7 Å². The summed E-state index contributed by atoms with van der Waals surface area (Å²) in [6.45, 7) is 5.05. The number of amides is 1. The van der Waals surface area contributed by atoms with Gasteiger partial charge in [0.05, 0.1) is 0 Å². The fourth-order valence-corrected chi connectivity index (χ4v) is 3.40. The molecule has 0 unspecified atom stereocenters. The molecule has 0 radical (unpaired) electrons. The average Bonchev–Trinajstić information content (AvgIpc) is 2.61. The molecule has 0 saturated carbocycles. The van der Waals surface area contributed by atoms with Gasteiger partial charge in [-0.25, -0.2) is 0 Å². The maximum absolute atomic E-state index is 12.7. The summed E-state index contributed by atoms with van der Waals surface area (Å²) in [7, 11) is 1.95. The number of hydrogen-bond donors (Lipinski definition) is 2. The number of aliphatic hydroxyl groups is 1. The molecule has 30 heavy (non-hydrogen) atoms. The molecule has 2 saturated heterocycles. The maximum atomic E-state index is 12.7. The van der Waals surface area contributed by atoms with Gasteiger partial charge < -0.3 is 29.5 Å². The van der Waals surface area contributed by atoms with Crippen LogP contribution >= 0.6 is 0 Å². The number of rotatable bonds is 5. The molecular formula is C17H26F3N3O7. The summed E-state index contributed by atoms with van der Waals surface area (Å²) in [6, 6.07) is -1.80. The monoisotopic (exact) mass is 441 g/mol. The minimum Gasteiger partial charge on any atom is -0.456 e. The van der Waals surface area contributed by atoms with E-state index in [1.54, 1.807) is 5.32 Å². The van der Waals surface area contributed by atoms with Gasteiger partial charge in [-0.15, -0.1) is 0 Å². The van der Waals surface area contributed by atoms with Crippen LogP contribution in [0.3, 0.4) is 0 Å². The Balaban J connectivity index is 2.26. The summed E-state index contributed by atoms with van der Waals surface area (Å²) in [5.41, 5.74) is 0. The summed E-state index contributed by atoms with van der Waals surface area (Å²) >= 11 is 0. The molecule has 13 heteroatoms. The van der Waals surface area contributed by atoms with Gasteiger partial charge in [0.1, 0.15) is 12.1 Å². The maximum Gasteiger partial charge on any atom is 0.471 e. The quantitative estimate of drug-likeness (QED) is 0.511. The van der Waals surface area contributed by atoms with Gasteiger partial charge in [0.2, 0.25) is 0 Å². The first-order chi connectivity index (χ1) is 13.9. The highest BCUT2D eigenvalue weighted by atomic mass is 19.4. The van der Waals surface area contributed by atoms with E-state index in [9.17, 15) is 32.7 Å². The molecule has 0 aliphatic carbocycles. The Bertz CT molecular complexity index is 641. The number of carbonyl (C=O) groups is 3. The lowest BCUT2D eigenvalue weighted by Gasteiger charge is -2.45. The molecule has 0 bridgehead atoms. The van der Waals surface area contributed by atoms with Crippen LogP contribution in [0, 0.1) is 0 Å². The van der Waals surface area contributed by atoms with Crippen LogP contribution in [0.5, 0.6) is 0 Å². The van der Waals surface area contributed by atoms with Crippen LogP contribution < -0.4 is 5.32 Å². The third kappa shape index (κ3) is 6.52. The van der Waals surface area contributed by atoms with Crippen LogP contribution in [0.2, 0.25) is 0 Å². The molecule has 5 atom stereocenters. The van der Waals surface area contributed by atoms with Crippen LogP contribution in [-0.4, -0.2) is 109 Å². The lowest BCUT2D eigenvalue weighted by molar-refractivity contribution is -0.262. The molecule has 0 aromatic heterocycles. The molecule has 2 heterocycles. The molecule has 172 valence electrons. The number of halogens is 3. The fraction of sp³-hybridized carbons (Fsp3) is 0.824. The number of likely N-dealkylation sites (N-methyl/N-ethyl adjacent to an activating group) is 1. The SMILES string of the molecule is CC(=O)O[C@@H]1[C@@H](NC(=O)C(F)(F)F)[C@H](O)O[C@H](CN2CCN(C)CC2)[C@H]1OC(C)=O. The van der Waals surface area contributed by atoms with Crippen molar-refractivity contribution >= 4 is 17.8 Å². The first-order valence-corrected chi connectivity index (χ1v) is 9.35. The number of nitrogens with zero attached hydrogens (tertiary/aromatic N) is 2. The Morgan fingerprint density at radius 1 is 1.07 bits per heavy atom. The number of ether oxygens (including phenoxy) is 3. The predicted octanol–water partition coefficient (Wildman–Crippen LogP) is -1.14. The third-order valence-corrected chi connectivity index (χ3v) is 4.86.